The van der Waals surface area contributed by atoms with Crippen molar-refractivity contribution in [1.82, 2.24) is 5.32 Å². The number of rotatable bonds is 7. The van der Waals surface area contributed by atoms with E-state index in [2.05, 4.69) is 12.2 Å². The maximum Gasteiger partial charge on any atom is 0.251 e. The van der Waals surface area contributed by atoms with E-state index in [9.17, 15) is 4.79 Å². The van der Waals surface area contributed by atoms with Gasteiger partial charge in [-0.15, -0.1) is 0 Å². The molecule has 1 rings (SSSR count). The molecule has 0 fully saturated rings. The highest BCUT2D eigenvalue weighted by Crippen LogP contribution is 2.12. The van der Waals surface area contributed by atoms with Gasteiger partial charge < -0.3 is 15.8 Å². The number of ether oxygens (including phenoxy) is 1. The minimum atomic E-state index is -0.0608. The number of nitrogens with one attached hydrogen (secondary N) is 1. The first kappa shape index (κ1) is 14.5. The third-order valence-electron chi connectivity index (χ3n) is 2.89. The van der Waals surface area contributed by atoms with E-state index in [1.165, 1.54) is 0 Å². The number of carbonyl (C=O) groups excluding carboxylic acids is 1. The van der Waals surface area contributed by atoms with E-state index in [0.717, 1.165) is 12.8 Å². The van der Waals surface area contributed by atoms with E-state index >= 15 is 0 Å². The first-order chi connectivity index (χ1) is 8.67. The number of amides is 1. The lowest BCUT2D eigenvalue weighted by atomic mass is 10.1. The maximum absolute atomic E-state index is 11.8. The van der Waals surface area contributed by atoms with Crippen LogP contribution in [0.25, 0.3) is 0 Å². The molecule has 0 bridgehead atoms. The monoisotopic (exact) mass is 250 g/mol. The summed E-state index contributed by atoms with van der Waals surface area (Å²) in [5.74, 6) is 1.15. The highest BCUT2D eigenvalue weighted by molar-refractivity contribution is 5.94. The summed E-state index contributed by atoms with van der Waals surface area (Å²) in [6.07, 6.45) is 1.99. The Labute approximate surface area is 109 Å². The molecule has 0 aliphatic carbocycles. The van der Waals surface area contributed by atoms with Crippen molar-refractivity contribution in [3.63, 3.8) is 0 Å². The van der Waals surface area contributed by atoms with Crippen LogP contribution in [0.1, 0.15) is 30.1 Å². The lowest BCUT2D eigenvalue weighted by Crippen LogP contribution is -2.25. The SMILES string of the molecule is COc1cccc(C(=O)NCCCC(C)CN)c1. The summed E-state index contributed by atoms with van der Waals surface area (Å²) in [6.45, 7) is 3.49. The fourth-order valence-corrected chi connectivity index (χ4v) is 1.64. The molecule has 4 nitrogen and oxygen atoms in total. The minimum absolute atomic E-state index is 0.0608. The van der Waals surface area contributed by atoms with E-state index < -0.39 is 0 Å². The van der Waals surface area contributed by atoms with Crippen LogP contribution < -0.4 is 15.8 Å². The Morgan fingerprint density at radius 1 is 1.50 bits per heavy atom. The van der Waals surface area contributed by atoms with Gasteiger partial charge in [0.2, 0.25) is 0 Å². The number of nitrogens with two attached hydrogens (primary N) is 1. The third kappa shape index (κ3) is 4.75. The minimum Gasteiger partial charge on any atom is -0.497 e. The lowest BCUT2D eigenvalue weighted by Gasteiger charge is -2.09. The largest absolute Gasteiger partial charge is 0.497 e. The van der Waals surface area contributed by atoms with E-state index in [1.54, 1.807) is 19.2 Å². The van der Waals surface area contributed by atoms with Gasteiger partial charge in [-0.05, 0) is 43.5 Å². The van der Waals surface area contributed by atoms with Crippen molar-refractivity contribution in [2.24, 2.45) is 11.7 Å². The van der Waals surface area contributed by atoms with E-state index in [4.69, 9.17) is 10.5 Å². The molecule has 1 amide bonds. The maximum atomic E-state index is 11.8. The Morgan fingerprint density at radius 3 is 2.94 bits per heavy atom. The van der Waals surface area contributed by atoms with Crippen molar-refractivity contribution < 1.29 is 9.53 Å². The molecule has 0 saturated carbocycles. The molecule has 3 N–H and O–H groups in total. The highest BCUT2D eigenvalue weighted by atomic mass is 16.5. The van der Waals surface area contributed by atoms with Crippen LogP contribution in [0.3, 0.4) is 0 Å². The lowest BCUT2D eigenvalue weighted by molar-refractivity contribution is 0.0952. The van der Waals surface area contributed by atoms with E-state index in [-0.39, 0.29) is 5.91 Å². The number of methoxy groups -OCH3 is 1. The van der Waals surface area contributed by atoms with Gasteiger partial charge in [0.25, 0.3) is 5.91 Å². The van der Waals surface area contributed by atoms with Gasteiger partial charge >= 0.3 is 0 Å². The third-order valence-corrected chi connectivity index (χ3v) is 2.89. The van der Waals surface area contributed by atoms with Gasteiger partial charge in [0.1, 0.15) is 5.75 Å². The van der Waals surface area contributed by atoms with Crippen LogP contribution >= 0.6 is 0 Å². The summed E-state index contributed by atoms with van der Waals surface area (Å²) in [5.41, 5.74) is 6.16. The molecular formula is C14H22N2O2. The topological polar surface area (TPSA) is 64.3 Å². The molecule has 0 saturated heterocycles. The van der Waals surface area contributed by atoms with Gasteiger partial charge in [0.15, 0.2) is 0 Å². The average Bonchev–Trinajstić information content (AvgIpc) is 2.43. The van der Waals surface area contributed by atoms with E-state index in [1.807, 2.05) is 12.1 Å². The van der Waals surface area contributed by atoms with Crippen molar-refractivity contribution in [2.75, 3.05) is 20.2 Å². The Hall–Kier alpha value is -1.55. The molecule has 0 radical (unpaired) electrons. The summed E-state index contributed by atoms with van der Waals surface area (Å²) < 4.78 is 5.08. The van der Waals surface area contributed by atoms with Crippen LogP contribution in [0.15, 0.2) is 24.3 Å². The number of benzene rings is 1. The molecule has 0 aromatic heterocycles. The standard InChI is InChI=1S/C14H22N2O2/c1-11(10-15)5-4-8-16-14(17)12-6-3-7-13(9-12)18-2/h3,6-7,9,11H,4-5,8,10,15H2,1-2H3,(H,16,17). The van der Waals surface area contributed by atoms with E-state index in [0.29, 0.717) is 30.3 Å². The molecule has 1 unspecified atom stereocenters. The van der Waals surface area contributed by atoms with Crippen LogP contribution in [0, 0.1) is 5.92 Å². The van der Waals surface area contributed by atoms with Crippen LogP contribution in [0.5, 0.6) is 5.75 Å². The number of hydrogen-bond donors (Lipinski definition) is 2. The molecule has 18 heavy (non-hydrogen) atoms. The van der Waals surface area contributed by atoms with Crippen molar-refractivity contribution >= 4 is 5.91 Å². The number of hydrogen-bond acceptors (Lipinski definition) is 3. The van der Waals surface area contributed by atoms with Crippen LogP contribution in [0.2, 0.25) is 0 Å². The zero-order valence-corrected chi connectivity index (χ0v) is 11.1. The van der Waals surface area contributed by atoms with Gasteiger partial charge in [-0.1, -0.05) is 13.0 Å². The summed E-state index contributed by atoms with van der Waals surface area (Å²) in [4.78, 5) is 11.8. The quantitative estimate of drug-likeness (QED) is 0.725. The Bertz CT molecular complexity index is 380. The first-order valence-corrected chi connectivity index (χ1v) is 6.29. The predicted octanol–water partition coefficient (Wildman–Crippen LogP) is 1.80. The smallest absolute Gasteiger partial charge is 0.251 e. The normalized spacial score (nSPS) is 11.9. The Balaban J connectivity index is 2.36. The molecule has 0 aliphatic rings. The molecule has 0 spiro atoms. The van der Waals surface area contributed by atoms with Gasteiger partial charge in [-0.3, -0.25) is 4.79 Å². The van der Waals surface area contributed by atoms with Gasteiger partial charge in [0.05, 0.1) is 7.11 Å². The highest BCUT2D eigenvalue weighted by Gasteiger charge is 2.06. The average molecular weight is 250 g/mol. The molecule has 4 heteroatoms. The van der Waals surface area contributed by atoms with Crippen molar-refractivity contribution in [3.8, 4) is 5.75 Å². The van der Waals surface area contributed by atoms with Crippen LogP contribution in [-0.4, -0.2) is 26.1 Å². The Morgan fingerprint density at radius 2 is 2.28 bits per heavy atom. The molecule has 0 heterocycles. The van der Waals surface area contributed by atoms with Crippen molar-refractivity contribution in [1.29, 1.82) is 0 Å². The molecule has 1 atom stereocenters. The number of carbonyl (C=O) groups is 1. The Kier molecular flexibility index (Phi) is 6.22. The fraction of sp³-hybridized carbons (Fsp3) is 0.500. The predicted molar refractivity (Wildman–Crippen MR) is 72.8 cm³/mol. The zero-order valence-electron chi connectivity index (χ0n) is 11.1. The van der Waals surface area contributed by atoms with Crippen molar-refractivity contribution in [2.45, 2.75) is 19.8 Å². The fourth-order valence-electron chi connectivity index (χ4n) is 1.64. The second-order valence-corrected chi connectivity index (χ2v) is 4.47. The molecule has 100 valence electrons. The van der Waals surface area contributed by atoms with Gasteiger partial charge in [-0.2, -0.15) is 0 Å². The second-order valence-electron chi connectivity index (χ2n) is 4.47. The summed E-state index contributed by atoms with van der Waals surface area (Å²) in [5, 5.41) is 2.89. The molecule has 1 aromatic rings. The van der Waals surface area contributed by atoms with Gasteiger partial charge in [0, 0.05) is 12.1 Å². The summed E-state index contributed by atoms with van der Waals surface area (Å²) in [6, 6.07) is 7.14. The van der Waals surface area contributed by atoms with Gasteiger partial charge in [-0.25, -0.2) is 0 Å². The van der Waals surface area contributed by atoms with Crippen LogP contribution in [-0.2, 0) is 0 Å². The summed E-state index contributed by atoms with van der Waals surface area (Å²) in [7, 11) is 1.59. The molecule has 0 aliphatic heterocycles. The molecular weight excluding hydrogens is 228 g/mol. The van der Waals surface area contributed by atoms with Crippen molar-refractivity contribution in [3.05, 3.63) is 29.8 Å². The molecule has 1 aromatic carbocycles. The summed E-state index contributed by atoms with van der Waals surface area (Å²) >= 11 is 0. The first-order valence-electron chi connectivity index (χ1n) is 6.29. The second kappa shape index (κ2) is 7.71. The van der Waals surface area contributed by atoms with Crippen LogP contribution in [0.4, 0.5) is 0 Å². The zero-order chi connectivity index (χ0) is 13.4.